The number of hydrogen-bond donors (Lipinski definition) is 1. The summed E-state index contributed by atoms with van der Waals surface area (Å²) in [6, 6.07) is 1.25. The van der Waals surface area contributed by atoms with Gasteiger partial charge in [-0.15, -0.1) is 0 Å². The Morgan fingerprint density at radius 3 is 1.40 bits per heavy atom. The van der Waals surface area contributed by atoms with Crippen molar-refractivity contribution in [3.8, 4) is 0 Å². The van der Waals surface area contributed by atoms with E-state index in [1.807, 2.05) is 0 Å². The van der Waals surface area contributed by atoms with Gasteiger partial charge in [-0.1, -0.05) is 34.2 Å². The average Bonchev–Trinajstić information content (AvgIpc) is 1.80. The molecular formula is C11H24LiNO2. The molecule has 0 bridgehead atoms. The second-order valence-electron chi connectivity index (χ2n) is 4.77. The fraction of sp³-hybridized carbons (Fsp3) is 0.909. The summed E-state index contributed by atoms with van der Waals surface area (Å²) in [6.07, 6.45) is 0. The van der Waals surface area contributed by atoms with E-state index in [4.69, 9.17) is 0 Å². The van der Waals surface area contributed by atoms with E-state index in [9.17, 15) is 4.79 Å². The van der Waals surface area contributed by atoms with Crippen molar-refractivity contribution < 1.29 is 28.4 Å². The van der Waals surface area contributed by atoms with E-state index in [2.05, 4.69) is 37.7 Å². The van der Waals surface area contributed by atoms with Crippen LogP contribution in [0, 0.1) is 0 Å². The van der Waals surface area contributed by atoms with Crippen LogP contribution >= 0.6 is 0 Å². The van der Waals surface area contributed by atoms with E-state index in [0.717, 1.165) is 0 Å². The molecule has 3 nitrogen and oxygen atoms in total. The number of rotatable bonds is 3. The summed E-state index contributed by atoms with van der Waals surface area (Å²) < 4.78 is 4.42. The Balaban J connectivity index is -0.000000180. The van der Waals surface area contributed by atoms with Crippen LogP contribution in [-0.2, 0) is 9.53 Å². The first-order valence-electron chi connectivity index (χ1n) is 5.00. The normalized spacial score (nSPS) is 10.2. The number of nitrogens with one attached hydrogen (secondary N) is 1. The van der Waals surface area contributed by atoms with Gasteiger partial charge in [0.2, 0.25) is 0 Å². The molecule has 0 rings (SSSR count). The average molecular weight is 209 g/mol. The molecule has 4 heteroatoms. The van der Waals surface area contributed by atoms with Crippen molar-refractivity contribution in [2.45, 2.75) is 66.2 Å². The molecule has 0 aliphatic heterocycles. The van der Waals surface area contributed by atoms with Crippen LogP contribution < -0.4 is 24.2 Å². The summed E-state index contributed by atoms with van der Waals surface area (Å²) in [4.78, 5) is 9.47. The summed E-state index contributed by atoms with van der Waals surface area (Å²) in [7, 11) is 0. The maximum Gasteiger partial charge on any atom is 1.00 e. The van der Waals surface area contributed by atoms with Gasteiger partial charge in [0.1, 0.15) is 0 Å². The molecule has 0 amide bonds. The molecule has 1 N–H and O–H groups in total. The van der Waals surface area contributed by atoms with Crippen molar-refractivity contribution >= 4 is 6.47 Å². The van der Waals surface area contributed by atoms with Crippen LogP contribution in [0.2, 0.25) is 0 Å². The van der Waals surface area contributed by atoms with Crippen molar-refractivity contribution in [1.82, 2.24) is 5.32 Å². The topological polar surface area (TPSA) is 38.3 Å². The molecule has 0 heterocycles. The summed E-state index contributed by atoms with van der Waals surface area (Å²) in [5, 5.41) is 3.31. The first-order valence-corrected chi connectivity index (χ1v) is 5.00. The summed E-state index contributed by atoms with van der Waals surface area (Å²) in [5.74, 6) is 0. The van der Waals surface area contributed by atoms with E-state index >= 15 is 0 Å². The van der Waals surface area contributed by atoms with Gasteiger partial charge in [0.25, 0.3) is 0 Å². The third kappa shape index (κ3) is 31.5. The van der Waals surface area contributed by atoms with Gasteiger partial charge in [0.15, 0.2) is 0 Å². The Hall–Kier alpha value is 0.0274. The molecule has 0 atom stereocenters. The Morgan fingerprint density at radius 1 is 1.07 bits per heavy atom. The van der Waals surface area contributed by atoms with E-state index in [1.165, 1.54) is 6.47 Å². The van der Waals surface area contributed by atoms with Crippen LogP contribution in [0.5, 0.6) is 0 Å². The number of carbonyl (C=O) groups excluding carboxylic acids is 1. The maximum absolute atomic E-state index is 9.47. The molecule has 0 aromatic heterocycles. The minimum Gasteiger partial charge on any atom is -0.649 e. The van der Waals surface area contributed by atoms with Gasteiger partial charge in [0.05, 0.1) is 5.60 Å². The van der Waals surface area contributed by atoms with E-state index in [-0.39, 0.29) is 24.5 Å². The predicted octanol–water partition coefficient (Wildman–Crippen LogP) is -0.734. The molecule has 0 aliphatic carbocycles. The first-order chi connectivity index (χ1) is 6.19. The molecule has 86 valence electrons. The van der Waals surface area contributed by atoms with Crippen LogP contribution in [0.25, 0.3) is 0 Å². The minimum absolute atomic E-state index is 0. The molecule has 15 heavy (non-hydrogen) atoms. The zero-order chi connectivity index (χ0) is 11.8. The number of hydrogen-bond acceptors (Lipinski definition) is 3. The molecule has 0 saturated heterocycles. The Kier molecular flexibility index (Phi) is 14.4. The van der Waals surface area contributed by atoms with Gasteiger partial charge in [-0.25, -0.2) is 0 Å². The predicted molar refractivity (Wildman–Crippen MR) is 59.9 cm³/mol. The molecule has 0 radical (unpaired) electrons. The molecule has 0 fully saturated rings. The smallest absolute Gasteiger partial charge is 0.649 e. The zero-order valence-electron chi connectivity index (χ0n) is 11.5. The van der Waals surface area contributed by atoms with Crippen LogP contribution in [-0.4, -0.2) is 24.2 Å². The van der Waals surface area contributed by atoms with Crippen LogP contribution in [0.3, 0.4) is 0 Å². The van der Waals surface area contributed by atoms with Crippen LogP contribution in [0.1, 0.15) is 48.5 Å². The Labute approximate surface area is 107 Å². The molecule has 0 unspecified atom stereocenters. The summed E-state index contributed by atoms with van der Waals surface area (Å²) in [6.45, 7) is 15.3. The van der Waals surface area contributed by atoms with Crippen LogP contribution in [0.15, 0.2) is 0 Å². The van der Waals surface area contributed by atoms with E-state index in [0.29, 0.717) is 12.1 Å². The minimum atomic E-state index is -0.373. The molecular weight excluding hydrogens is 185 g/mol. The summed E-state index contributed by atoms with van der Waals surface area (Å²) >= 11 is 0. The van der Waals surface area contributed by atoms with Gasteiger partial charge in [0, 0.05) is 12.1 Å². The van der Waals surface area contributed by atoms with Gasteiger partial charge < -0.3 is 14.8 Å². The fourth-order valence-corrected chi connectivity index (χ4v) is 0.792. The molecule has 0 aliphatic rings. The monoisotopic (exact) mass is 209 g/mol. The molecule has 0 aromatic rings. The Morgan fingerprint density at radius 2 is 1.40 bits per heavy atom. The fourth-order valence-electron chi connectivity index (χ4n) is 0.792. The Bertz CT molecular complexity index is 136. The van der Waals surface area contributed by atoms with Gasteiger partial charge in [-0.3, -0.25) is 0 Å². The summed E-state index contributed by atoms with van der Waals surface area (Å²) in [5.41, 5.74) is -0.373. The van der Waals surface area contributed by atoms with E-state index < -0.39 is 0 Å². The quantitative estimate of drug-likeness (QED) is 0.492. The van der Waals surface area contributed by atoms with Crippen molar-refractivity contribution in [2.24, 2.45) is 0 Å². The van der Waals surface area contributed by atoms with Crippen molar-refractivity contribution in [2.75, 3.05) is 0 Å². The maximum atomic E-state index is 9.47. The standard InChI is InChI=1S/C6H15N.C5H9O2.Li/c1-5(2)7-6(3)4;1-5(2,3)7-4-6;/h5-7H,1-4H3;1-3H3;/q;-1;+1. The molecule has 0 saturated carbocycles. The van der Waals surface area contributed by atoms with Crippen molar-refractivity contribution in [3.05, 3.63) is 0 Å². The van der Waals surface area contributed by atoms with Crippen molar-refractivity contribution in [3.63, 3.8) is 0 Å². The first kappa shape index (κ1) is 20.4. The molecule has 0 spiro atoms. The van der Waals surface area contributed by atoms with Gasteiger partial charge >= 0.3 is 18.9 Å². The largest absolute Gasteiger partial charge is 1.00 e. The van der Waals surface area contributed by atoms with Gasteiger partial charge in [-0.05, 0) is 20.8 Å². The molecule has 0 aromatic carbocycles. The third-order valence-corrected chi connectivity index (χ3v) is 1.01. The SMILES string of the molecule is CC(C)(C)O[C-]=O.CC(C)NC(C)C.[Li+]. The van der Waals surface area contributed by atoms with E-state index in [1.54, 1.807) is 20.8 Å². The van der Waals surface area contributed by atoms with Gasteiger partial charge in [-0.2, -0.15) is 0 Å². The third-order valence-electron chi connectivity index (χ3n) is 1.01. The second-order valence-corrected chi connectivity index (χ2v) is 4.77. The number of ether oxygens (including phenoxy) is 1. The zero-order valence-corrected chi connectivity index (χ0v) is 11.5. The van der Waals surface area contributed by atoms with Crippen molar-refractivity contribution in [1.29, 1.82) is 0 Å². The van der Waals surface area contributed by atoms with Crippen LogP contribution in [0.4, 0.5) is 0 Å². The second kappa shape index (κ2) is 10.5.